The van der Waals surface area contributed by atoms with Gasteiger partial charge in [-0.2, -0.15) is 5.10 Å². The van der Waals surface area contributed by atoms with E-state index >= 15 is 0 Å². The number of hydrogen-bond donors (Lipinski definition) is 1. The molecule has 9 nitrogen and oxygen atoms in total. The minimum absolute atomic E-state index is 0.0180. The third-order valence-electron chi connectivity index (χ3n) is 7.11. The topological polar surface area (TPSA) is 104 Å². The number of pyridine rings is 2. The summed E-state index contributed by atoms with van der Waals surface area (Å²) in [6, 6.07) is 6.76. The zero-order chi connectivity index (χ0) is 26.8. The molecule has 5 heterocycles. The van der Waals surface area contributed by atoms with Crippen molar-refractivity contribution in [3.63, 3.8) is 0 Å². The number of anilines is 1. The quantitative estimate of drug-likeness (QED) is 0.355. The first-order valence-electron chi connectivity index (χ1n) is 11.8. The molecule has 198 valence electrons. The highest BCUT2D eigenvalue weighted by molar-refractivity contribution is 7.88. The number of nitrogens with one attached hydrogen (secondary N) is 1. The van der Waals surface area contributed by atoms with Crippen LogP contribution in [0.25, 0.3) is 22.2 Å². The molecule has 2 aliphatic rings. The van der Waals surface area contributed by atoms with Gasteiger partial charge >= 0.3 is 0 Å². The van der Waals surface area contributed by atoms with Crippen LogP contribution in [0.1, 0.15) is 18.6 Å². The molecule has 4 aromatic rings. The van der Waals surface area contributed by atoms with Gasteiger partial charge in [0.05, 0.1) is 21.8 Å². The van der Waals surface area contributed by atoms with Gasteiger partial charge < -0.3 is 9.64 Å². The predicted octanol–water partition coefficient (Wildman–Crippen LogP) is 4.69. The van der Waals surface area contributed by atoms with Crippen molar-refractivity contribution in [2.24, 2.45) is 5.41 Å². The fourth-order valence-electron chi connectivity index (χ4n) is 5.16. The Labute approximate surface area is 228 Å². The van der Waals surface area contributed by atoms with Crippen LogP contribution in [0, 0.1) is 11.2 Å². The van der Waals surface area contributed by atoms with Crippen molar-refractivity contribution < 1.29 is 17.5 Å². The van der Waals surface area contributed by atoms with E-state index in [2.05, 4.69) is 25.1 Å². The van der Waals surface area contributed by atoms with Crippen LogP contribution in [-0.4, -0.2) is 65.3 Å². The number of rotatable bonds is 6. The average molecular weight is 577 g/mol. The molecule has 3 aromatic heterocycles. The van der Waals surface area contributed by atoms with Gasteiger partial charge in [0.1, 0.15) is 17.6 Å². The van der Waals surface area contributed by atoms with E-state index in [1.165, 1.54) is 29.0 Å². The van der Waals surface area contributed by atoms with Crippen LogP contribution in [-0.2, 0) is 10.0 Å². The smallest absolute Gasteiger partial charge is 0.211 e. The van der Waals surface area contributed by atoms with Gasteiger partial charge in [-0.05, 0) is 25.1 Å². The van der Waals surface area contributed by atoms with Gasteiger partial charge in [0.2, 0.25) is 10.0 Å². The minimum Gasteiger partial charge on any atom is -0.483 e. The second kappa shape index (κ2) is 9.04. The molecular weight excluding hydrogens is 554 g/mol. The van der Waals surface area contributed by atoms with Crippen LogP contribution in [0.4, 0.5) is 10.2 Å². The van der Waals surface area contributed by atoms with Crippen LogP contribution in [0.2, 0.25) is 10.0 Å². The molecule has 6 rings (SSSR count). The minimum atomic E-state index is -3.13. The first kappa shape index (κ1) is 25.3. The van der Waals surface area contributed by atoms with E-state index in [1.54, 1.807) is 19.2 Å². The SMILES string of the molecule is CC(Oc1cc2c(-c3ccc(N4CC5(C4)CN(S(C)(=O)=O)C5)nc3)n[nH]c2cc1F)c1c(Cl)cncc1Cl. The van der Waals surface area contributed by atoms with E-state index in [9.17, 15) is 12.8 Å². The van der Waals surface area contributed by atoms with Crippen molar-refractivity contribution in [3.05, 3.63) is 64.3 Å². The number of aromatic nitrogens is 4. The normalized spacial score (nSPS) is 17.9. The number of hydrogen-bond acceptors (Lipinski definition) is 7. The van der Waals surface area contributed by atoms with Crippen LogP contribution in [0.5, 0.6) is 5.75 Å². The van der Waals surface area contributed by atoms with E-state index in [1.807, 2.05) is 12.1 Å². The number of H-pyrrole nitrogens is 1. The molecule has 1 atom stereocenters. The highest BCUT2D eigenvalue weighted by Gasteiger charge is 2.54. The van der Waals surface area contributed by atoms with Gasteiger partial charge in [-0.1, -0.05) is 23.2 Å². The molecule has 2 saturated heterocycles. The van der Waals surface area contributed by atoms with Crippen molar-refractivity contribution in [1.82, 2.24) is 24.5 Å². The van der Waals surface area contributed by atoms with Crippen molar-refractivity contribution >= 4 is 49.9 Å². The molecule has 0 saturated carbocycles. The fraction of sp³-hybridized carbons (Fsp3) is 0.320. The highest BCUT2D eigenvalue weighted by atomic mass is 35.5. The Hall–Kier alpha value is -2.99. The Morgan fingerprint density at radius 1 is 1.11 bits per heavy atom. The number of aromatic amines is 1. The van der Waals surface area contributed by atoms with Crippen LogP contribution in [0.15, 0.2) is 42.9 Å². The number of nitrogens with zero attached hydrogens (tertiary/aromatic N) is 5. The molecule has 38 heavy (non-hydrogen) atoms. The number of ether oxygens (including phenoxy) is 1. The lowest BCUT2D eigenvalue weighted by atomic mass is 9.74. The fourth-order valence-corrected chi connectivity index (χ4v) is 6.85. The lowest BCUT2D eigenvalue weighted by molar-refractivity contribution is 0.0395. The maximum atomic E-state index is 14.9. The van der Waals surface area contributed by atoms with Gasteiger partial charge in [0.15, 0.2) is 11.6 Å². The summed E-state index contributed by atoms with van der Waals surface area (Å²) in [5.74, 6) is 0.300. The summed E-state index contributed by atoms with van der Waals surface area (Å²) in [4.78, 5) is 10.7. The third kappa shape index (κ3) is 4.37. The summed E-state index contributed by atoms with van der Waals surface area (Å²) in [5.41, 5.74) is 2.43. The maximum absolute atomic E-state index is 14.9. The molecule has 1 spiro atoms. The van der Waals surface area contributed by atoms with E-state index < -0.39 is 21.9 Å². The van der Waals surface area contributed by atoms with Crippen molar-refractivity contribution in [2.45, 2.75) is 13.0 Å². The van der Waals surface area contributed by atoms with Crippen molar-refractivity contribution in [1.29, 1.82) is 0 Å². The molecular formula is C25H23Cl2FN6O3S. The standard InChI is InChI=1S/C25H23Cl2FN6O3S/c1-14(23-17(26)8-29-9-18(23)27)37-21-5-16-20(6-19(21)28)31-32-24(16)15-3-4-22(30-7-15)33-10-25(11-33)12-34(13-25)38(2,35)36/h3-9,14H,10-13H2,1-2H3,(H,31,32). The number of sulfonamides is 1. The second-order valence-corrected chi connectivity index (χ2v) is 12.8. The van der Waals surface area contributed by atoms with Gasteiger partial charge in [-0.25, -0.2) is 22.1 Å². The molecule has 13 heteroatoms. The van der Waals surface area contributed by atoms with Crippen LogP contribution < -0.4 is 9.64 Å². The molecule has 1 aromatic carbocycles. The molecule has 2 fully saturated rings. The summed E-state index contributed by atoms with van der Waals surface area (Å²) in [5, 5.41) is 8.60. The lowest BCUT2D eigenvalue weighted by Gasteiger charge is -2.59. The Morgan fingerprint density at radius 2 is 1.82 bits per heavy atom. The zero-order valence-corrected chi connectivity index (χ0v) is 22.8. The highest BCUT2D eigenvalue weighted by Crippen LogP contribution is 2.43. The van der Waals surface area contributed by atoms with Gasteiger partial charge in [-0.3, -0.25) is 10.1 Å². The van der Waals surface area contributed by atoms with Crippen molar-refractivity contribution in [3.8, 4) is 17.0 Å². The summed E-state index contributed by atoms with van der Waals surface area (Å²) >= 11 is 12.5. The predicted molar refractivity (Wildman–Crippen MR) is 144 cm³/mol. The van der Waals surface area contributed by atoms with Crippen molar-refractivity contribution in [2.75, 3.05) is 37.3 Å². The van der Waals surface area contributed by atoms with Gasteiger partial charge in [0, 0.05) is 72.8 Å². The third-order valence-corrected chi connectivity index (χ3v) is 8.90. The van der Waals surface area contributed by atoms with E-state index in [4.69, 9.17) is 27.9 Å². The molecule has 2 aliphatic heterocycles. The number of fused-ring (bicyclic) bond motifs is 1. The number of benzene rings is 1. The number of halogens is 3. The monoisotopic (exact) mass is 576 g/mol. The van der Waals surface area contributed by atoms with E-state index in [-0.39, 0.29) is 11.2 Å². The summed E-state index contributed by atoms with van der Waals surface area (Å²) in [6.07, 6.45) is 5.27. The lowest BCUT2D eigenvalue weighted by Crippen LogP contribution is -2.73. The first-order valence-corrected chi connectivity index (χ1v) is 14.4. The summed E-state index contributed by atoms with van der Waals surface area (Å²) < 4.78 is 45.6. The average Bonchev–Trinajstić information content (AvgIpc) is 3.19. The summed E-state index contributed by atoms with van der Waals surface area (Å²) in [7, 11) is -3.13. The molecule has 0 aliphatic carbocycles. The first-order chi connectivity index (χ1) is 18.0. The van der Waals surface area contributed by atoms with Gasteiger partial charge in [-0.15, -0.1) is 0 Å². The zero-order valence-electron chi connectivity index (χ0n) is 20.5. The Kier molecular flexibility index (Phi) is 6.02. The summed E-state index contributed by atoms with van der Waals surface area (Å²) in [6.45, 7) is 4.37. The maximum Gasteiger partial charge on any atom is 0.211 e. The molecule has 1 unspecified atom stereocenters. The van der Waals surface area contributed by atoms with Crippen LogP contribution in [0.3, 0.4) is 0 Å². The van der Waals surface area contributed by atoms with Crippen LogP contribution >= 0.6 is 23.2 Å². The Balaban J connectivity index is 1.20. The molecule has 0 bridgehead atoms. The second-order valence-electron chi connectivity index (χ2n) is 9.97. The largest absolute Gasteiger partial charge is 0.483 e. The molecule has 0 radical (unpaired) electrons. The Bertz CT molecular complexity index is 1630. The van der Waals surface area contributed by atoms with E-state index in [0.717, 1.165) is 24.5 Å². The van der Waals surface area contributed by atoms with Gasteiger partial charge in [0.25, 0.3) is 0 Å². The molecule has 1 N–H and O–H groups in total. The van der Waals surface area contributed by atoms with E-state index in [0.29, 0.717) is 45.3 Å². The molecule has 0 amide bonds. The Morgan fingerprint density at radius 3 is 2.45 bits per heavy atom.